The molecule has 2 unspecified atom stereocenters. The quantitative estimate of drug-likeness (QED) is 0.511. The van der Waals surface area contributed by atoms with Gasteiger partial charge in [0.15, 0.2) is 0 Å². The summed E-state index contributed by atoms with van der Waals surface area (Å²) in [6.45, 7) is 3.24. The Labute approximate surface area is 212 Å². The molecule has 5 rings (SSSR count). The van der Waals surface area contributed by atoms with Crippen molar-refractivity contribution < 1.29 is 27.6 Å². The molecular weight excluding hydrogens is 487 g/mol. The highest BCUT2D eigenvalue weighted by atomic mass is 19.4. The fourth-order valence-electron chi connectivity index (χ4n) is 5.27. The molecule has 2 atom stereocenters. The first-order valence-corrected chi connectivity index (χ1v) is 12.3. The first kappa shape index (κ1) is 25.2. The lowest BCUT2D eigenvalue weighted by molar-refractivity contribution is -0.158. The van der Waals surface area contributed by atoms with Gasteiger partial charge < -0.3 is 15.1 Å². The van der Waals surface area contributed by atoms with E-state index in [0.29, 0.717) is 16.7 Å². The van der Waals surface area contributed by atoms with Crippen LogP contribution in [0.15, 0.2) is 42.5 Å². The molecule has 3 heterocycles. The molecule has 0 radical (unpaired) electrons. The molecule has 0 spiro atoms. The summed E-state index contributed by atoms with van der Waals surface area (Å²) in [6.07, 6.45) is -4.19. The van der Waals surface area contributed by atoms with E-state index in [0.717, 1.165) is 31.9 Å². The molecule has 2 saturated heterocycles. The number of hydrogen-bond donors (Lipinski definition) is 3. The minimum absolute atomic E-state index is 0.0930. The number of anilines is 1. The van der Waals surface area contributed by atoms with Crippen LogP contribution in [-0.2, 0) is 22.7 Å². The summed E-state index contributed by atoms with van der Waals surface area (Å²) in [5.41, 5.74) is 2.37. The van der Waals surface area contributed by atoms with Gasteiger partial charge in [-0.15, -0.1) is 0 Å². The molecule has 11 heteroatoms. The Hall–Kier alpha value is -3.44. The molecule has 0 saturated carbocycles. The molecule has 37 heavy (non-hydrogen) atoms. The van der Waals surface area contributed by atoms with Gasteiger partial charge in [-0.05, 0) is 35.2 Å². The molecule has 3 aliphatic rings. The summed E-state index contributed by atoms with van der Waals surface area (Å²) in [7, 11) is 0. The lowest BCUT2D eigenvalue weighted by Crippen LogP contribution is -2.52. The number of halogens is 3. The van der Waals surface area contributed by atoms with Crippen molar-refractivity contribution in [1.82, 2.24) is 20.9 Å². The molecule has 0 aromatic heterocycles. The number of fused-ring (bicyclic) bond motifs is 1. The van der Waals surface area contributed by atoms with Crippen LogP contribution in [0.3, 0.4) is 0 Å². The zero-order valence-corrected chi connectivity index (χ0v) is 20.1. The van der Waals surface area contributed by atoms with Gasteiger partial charge in [0.25, 0.3) is 5.91 Å². The molecule has 3 aliphatic heterocycles. The van der Waals surface area contributed by atoms with E-state index in [1.54, 1.807) is 30.3 Å². The molecule has 2 fully saturated rings. The molecule has 2 aromatic carbocycles. The SMILES string of the molecule is O=C1CCC(N2Cc3cccc(CNC(c4ccc(N5CCNCC5)cc4)C(F)(F)F)c3C2=O)C(=O)N1. The van der Waals surface area contributed by atoms with Gasteiger partial charge in [0, 0.05) is 56.9 Å². The number of piperidine rings is 1. The first-order chi connectivity index (χ1) is 17.7. The number of piperazine rings is 1. The Morgan fingerprint density at radius 2 is 1.76 bits per heavy atom. The van der Waals surface area contributed by atoms with Crippen LogP contribution in [0.2, 0.25) is 0 Å². The minimum atomic E-state index is -4.54. The van der Waals surface area contributed by atoms with Crippen molar-refractivity contribution in [3.63, 3.8) is 0 Å². The number of alkyl halides is 3. The maximum atomic E-state index is 14.1. The normalized spacial score (nSPS) is 21.2. The van der Waals surface area contributed by atoms with E-state index in [2.05, 4.69) is 20.9 Å². The monoisotopic (exact) mass is 515 g/mol. The summed E-state index contributed by atoms with van der Waals surface area (Å²) >= 11 is 0. The van der Waals surface area contributed by atoms with Gasteiger partial charge >= 0.3 is 6.18 Å². The average Bonchev–Trinajstić information content (AvgIpc) is 3.21. The number of benzene rings is 2. The van der Waals surface area contributed by atoms with Crippen LogP contribution in [0, 0.1) is 0 Å². The molecule has 196 valence electrons. The van der Waals surface area contributed by atoms with Crippen molar-refractivity contribution in [1.29, 1.82) is 0 Å². The largest absolute Gasteiger partial charge is 0.407 e. The van der Waals surface area contributed by atoms with Gasteiger partial charge in [0.05, 0.1) is 0 Å². The van der Waals surface area contributed by atoms with E-state index in [-0.39, 0.29) is 37.4 Å². The summed E-state index contributed by atoms with van der Waals surface area (Å²) < 4.78 is 42.2. The van der Waals surface area contributed by atoms with Gasteiger partial charge in [-0.3, -0.25) is 25.0 Å². The Morgan fingerprint density at radius 3 is 2.43 bits per heavy atom. The van der Waals surface area contributed by atoms with Crippen LogP contribution in [0.4, 0.5) is 18.9 Å². The van der Waals surface area contributed by atoms with E-state index in [9.17, 15) is 27.6 Å². The summed E-state index contributed by atoms with van der Waals surface area (Å²) in [6, 6.07) is 8.77. The van der Waals surface area contributed by atoms with Crippen molar-refractivity contribution in [2.45, 2.75) is 44.2 Å². The van der Waals surface area contributed by atoms with Crippen LogP contribution < -0.4 is 20.9 Å². The van der Waals surface area contributed by atoms with E-state index >= 15 is 0 Å². The van der Waals surface area contributed by atoms with Crippen molar-refractivity contribution >= 4 is 23.4 Å². The predicted octanol–water partition coefficient (Wildman–Crippen LogP) is 2.25. The molecule has 0 aliphatic carbocycles. The van der Waals surface area contributed by atoms with Crippen LogP contribution in [-0.4, -0.2) is 61.0 Å². The fourth-order valence-corrected chi connectivity index (χ4v) is 5.27. The average molecular weight is 516 g/mol. The predicted molar refractivity (Wildman–Crippen MR) is 130 cm³/mol. The Balaban J connectivity index is 1.32. The van der Waals surface area contributed by atoms with Crippen LogP contribution >= 0.6 is 0 Å². The van der Waals surface area contributed by atoms with E-state index < -0.39 is 30.1 Å². The Bertz CT molecular complexity index is 1190. The Kier molecular flexibility index (Phi) is 6.91. The summed E-state index contributed by atoms with van der Waals surface area (Å²) in [4.78, 5) is 40.6. The second-order valence-corrected chi connectivity index (χ2v) is 9.54. The number of nitrogens with zero attached hydrogens (tertiary/aromatic N) is 2. The number of carbonyl (C=O) groups is 3. The summed E-state index contributed by atoms with van der Waals surface area (Å²) in [5, 5.41) is 8.11. The van der Waals surface area contributed by atoms with Gasteiger partial charge in [0.2, 0.25) is 11.8 Å². The van der Waals surface area contributed by atoms with Gasteiger partial charge in [-0.2, -0.15) is 13.2 Å². The number of nitrogens with one attached hydrogen (secondary N) is 3. The van der Waals surface area contributed by atoms with Crippen LogP contribution in [0.25, 0.3) is 0 Å². The van der Waals surface area contributed by atoms with E-state index in [4.69, 9.17) is 0 Å². The maximum absolute atomic E-state index is 14.1. The summed E-state index contributed by atoms with van der Waals surface area (Å²) in [5.74, 6) is -1.32. The highest BCUT2D eigenvalue weighted by Crippen LogP contribution is 2.35. The molecule has 3 N–H and O–H groups in total. The van der Waals surface area contributed by atoms with Crippen LogP contribution in [0.5, 0.6) is 0 Å². The van der Waals surface area contributed by atoms with Crippen molar-refractivity contribution in [2.75, 3.05) is 31.1 Å². The van der Waals surface area contributed by atoms with E-state index in [1.165, 1.54) is 17.0 Å². The van der Waals surface area contributed by atoms with Gasteiger partial charge in [0.1, 0.15) is 12.1 Å². The number of rotatable bonds is 6. The third-order valence-corrected chi connectivity index (χ3v) is 7.17. The first-order valence-electron chi connectivity index (χ1n) is 12.3. The topological polar surface area (TPSA) is 93.8 Å². The number of carbonyl (C=O) groups excluding carboxylic acids is 3. The highest BCUT2D eigenvalue weighted by molar-refractivity contribution is 6.06. The fraction of sp³-hybridized carbons (Fsp3) is 0.423. The third kappa shape index (κ3) is 5.19. The molecule has 8 nitrogen and oxygen atoms in total. The second kappa shape index (κ2) is 10.1. The van der Waals surface area contributed by atoms with Crippen molar-refractivity contribution in [2.24, 2.45) is 0 Å². The zero-order chi connectivity index (χ0) is 26.2. The minimum Gasteiger partial charge on any atom is -0.369 e. The van der Waals surface area contributed by atoms with Crippen LogP contribution in [0.1, 0.15) is 45.9 Å². The number of amides is 3. The smallest absolute Gasteiger partial charge is 0.369 e. The lowest BCUT2D eigenvalue weighted by Gasteiger charge is -2.30. The molecule has 3 amide bonds. The van der Waals surface area contributed by atoms with E-state index in [1.807, 2.05) is 0 Å². The second-order valence-electron chi connectivity index (χ2n) is 9.54. The highest BCUT2D eigenvalue weighted by Gasteiger charge is 2.42. The number of hydrogen-bond acceptors (Lipinski definition) is 6. The molecule has 2 aromatic rings. The molecular formula is C26H28F3N5O3. The van der Waals surface area contributed by atoms with Crippen molar-refractivity contribution in [3.05, 3.63) is 64.7 Å². The Morgan fingerprint density at radius 1 is 1.03 bits per heavy atom. The maximum Gasteiger partial charge on any atom is 0.407 e. The standard InChI is InChI=1S/C26H28F3N5O3/c27-26(28,29)23(16-4-6-19(7-5-16)33-12-10-30-11-13-33)31-14-17-2-1-3-18-15-34(25(37)22(17)18)20-8-9-21(35)32-24(20)36/h1-7,20,23,30-31H,8-15H2,(H,32,35,36). The zero-order valence-electron chi connectivity index (χ0n) is 20.1. The lowest BCUT2D eigenvalue weighted by atomic mass is 10.0. The molecule has 0 bridgehead atoms. The number of imide groups is 1. The van der Waals surface area contributed by atoms with Gasteiger partial charge in [-0.1, -0.05) is 30.3 Å². The van der Waals surface area contributed by atoms with Crippen molar-refractivity contribution in [3.8, 4) is 0 Å². The van der Waals surface area contributed by atoms with Gasteiger partial charge in [-0.25, -0.2) is 0 Å². The third-order valence-electron chi connectivity index (χ3n) is 7.17.